The van der Waals surface area contributed by atoms with Gasteiger partial charge in [0.25, 0.3) is 0 Å². The maximum absolute atomic E-state index is 5.91. The third-order valence-electron chi connectivity index (χ3n) is 2.47. The molecule has 102 valence electrons. The first-order valence-electron chi connectivity index (χ1n) is 6.23. The summed E-state index contributed by atoms with van der Waals surface area (Å²) in [6, 6.07) is 7.52. The fraction of sp³-hybridized carbons (Fsp3) is 0.429. The topological polar surface area (TPSA) is 51.0 Å². The van der Waals surface area contributed by atoms with Crippen molar-refractivity contribution in [3.8, 4) is 0 Å². The normalized spacial score (nSPS) is 11.6. The number of aromatic nitrogens is 2. The first-order chi connectivity index (χ1) is 8.92. The molecule has 1 heterocycles. The molecule has 0 unspecified atom stereocenters. The summed E-state index contributed by atoms with van der Waals surface area (Å²) in [5.41, 5.74) is 1.09. The SMILES string of the molecule is CC(C)(C)Cc1noc(CNc2cccc(Cl)c2)n1. The van der Waals surface area contributed by atoms with Gasteiger partial charge in [0.15, 0.2) is 5.82 Å². The lowest BCUT2D eigenvalue weighted by molar-refractivity contribution is 0.357. The summed E-state index contributed by atoms with van der Waals surface area (Å²) in [6.45, 7) is 6.94. The van der Waals surface area contributed by atoms with E-state index in [1.54, 1.807) is 0 Å². The number of benzene rings is 1. The molecule has 1 aromatic heterocycles. The maximum atomic E-state index is 5.91. The molecule has 4 nitrogen and oxygen atoms in total. The number of hydrogen-bond acceptors (Lipinski definition) is 4. The van der Waals surface area contributed by atoms with E-state index in [0.717, 1.165) is 17.9 Å². The minimum absolute atomic E-state index is 0.154. The van der Waals surface area contributed by atoms with Gasteiger partial charge in [-0.05, 0) is 23.6 Å². The lowest BCUT2D eigenvalue weighted by Crippen LogP contribution is -2.10. The van der Waals surface area contributed by atoms with Crippen LogP contribution in [0.15, 0.2) is 28.8 Å². The zero-order chi connectivity index (χ0) is 13.9. The van der Waals surface area contributed by atoms with Crippen molar-refractivity contribution in [2.45, 2.75) is 33.7 Å². The number of anilines is 1. The van der Waals surface area contributed by atoms with Crippen molar-refractivity contribution in [1.29, 1.82) is 0 Å². The number of nitrogens with zero attached hydrogens (tertiary/aromatic N) is 2. The van der Waals surface area contributed by atoms with Crippen LogP contribution in [0.5, 0.6) is 0 Å². The smallest absolute Gasteiger partial charge is 0.245 e. The molecule has 0 atom stereocenters. The highest BCUT2D eigenvalue weighted by Gasteiger charge is 2.16. The largest absolute Gasteiger partial charge is 0.376 e. The van der Waals surface area contributed by atoms with E-state index in [2.05, 4.69) is 36.2 Å². The Kier molecular flexibility index (Phi) is 4.10. The van der Waals surface area contributed by atoms with E-state index in [0.29, 0.717) is 17.5 Å². The summed E-state index contributed by atoms with van der Waals surface area (Å²) < 4.78 is 5.21. The van der Waals surface area contributed by atoms with Gasteiger partial charge in [-0.1, -0.05) is 43.6 Å². The van der Waals surface area contributed by atoms with Crippen molar-refractivity contribution in [1.82, 2.24) is 10.1 Å². The highest BCUT2D eigenvalue weighted by Crippen LogP contribution is 2.19. The summed E-state index contributed by atoms with van der Waals surface area (Å²) in [6.07, 6.45) is 0.799. The van der Waals surface area contributed by atoms with Crippen LogP contribution in [0.3, 0.4) is 0 Å². The van der Waals surface area contributed by atoms with Crippen molar-refractivity contribution in [3.63, 3.8) is 0 Å². The Morgan fingerprint density at radius 1 is 1.32 bits per heavy atom. The molecule has 1 N–H and O–H groups in total. The Hall–Kier alpha value is -1.55. The molecule has 2 aromatic rings. The average Bonchev–Trinajstić information content (AvgIpc) is 2.72. The van der Waals surface area contributed by atoms with Crippen molar-refractivity contribution >= 4 is 17.3 Å². The van der Waals surface area contributed by atoms with Gasteiger partial charge in [0.1, 0.15) is 0 Å². The Morgan fingerprint density at radius 3 is 2.79 bits per heavy atom. The maximum Gasteiger partial charge on any atom is 0.245 e. The van der Waals surface area contributed by atoms with E-state index in [1.165, 1.54) is 0 Å². The molecule has 5 heteroatoms. The first kappa shape index (κ1) is 13.9. The molecular weight excluding hydrogens is 262 g/mol. The third-order valence-corrected chi connectivity index (χ3v) is 2.70. The van der Waals surface area contributed by atoms with Crippen LogP contribution in [-0.4, -0.2) is 10.1 Å². The van der Waals surface area contributed by atoms with E-state index >= 15 is 0 Å². The van der Waals surface area contributed by atoms with Crippen molar-refractivity contribution in [2.24, 2.45) is 5.41 Å². The summed E-state index contributed by atoms with van der Waals surface area (Å²) in [4.78, 5) is 4.36. The zero-order valence-electron chi connectivity index (χ0n) is 11.4. The molecule has 0 aliphatic rings. The quantitative estimate of drug-likeness (QED) is 0.921. The summed E-state index contributed by atoms with van der Waals surface area (Å²) >= 11 is 5.91. The monoisotopic (exact) mass is 279 g/mol. The Labute approximate surface area is 118 Å². The van der Waals surface area contributed by atoms with Crippen LogP contribution in [0.25, 0.3) is 0 Å². The van der Waals surface area contributed by atoms with Crippen molar-refractivity contribution in [3.05, 3.63) is 41.0 Å². The summed E-state index contributed by atoms with van der Waals surface area (Å²) in [5.74, 6) is 1.33. The zero-order valence-corrected chi connectivity index (χ0v) is 12.2. The molecule has 0 saturated carbocycles. The predicted octanol–water partition coefficient (Wildman–Crippen LogP) is 3.92. The van der Waals surface area contributed by atoms with Gasteiger partial charge in [-0.25, -0.2) is 0 Å². The highest BCUT2D eigenvalue weighted by atomic mass is 35.5. The lowest BCUT2D eigenvalue weighted by Gasteiger charge is -2.14. The summed E-state index contributed by atoms with van der Waals surface area (Å²) in [7, 11) is 0. The van der Waals surface area contributed by atoms with E-state index in [4.69, 9.17) is 16.1 Å². The second kappa shape index (κ2) is 5.61. The average molecular weight is 280 g/mol. The molecular formula is C14H18ClN3O. The molecule has 0 spiro atoms. The summed E-state index contributed by atoms with van der Waals surface area (Å²) in [5, 5.41) is 7.87. The second-order valence-electron chi connectivity index (χ2n) is 5.71. The van der Waals surface area contributed by atoms with Crippen LogP contribution >= 0.6 is 11.6 Å². The van der Waals surface area contributed by atoms with Crippen LogP contribution in [-0.2, 0) is 13.0 Å². The van der Waals surface area contributed by atoms with E-state index in [9.17, 15) is 0 Å². The Morgan fingerprint density at radius 2 is 2.11 bits per heavy atom. The molecule has 0 fully saturated rings. The molecule has 0 saturated heterocycles. The number of hydrogen-bond donors (Lipinski definition) is 1. The number of halogens is 1. The van der Waals surface area contributed by atoms with Crippen molar-refractivity contribution < 1.29 is 4.52 Å². The fourth-order valence-corrected chi connectivity index (χ4v) is 1.87. The van der Waals surface area contributed by atoms with Crippen molar-refractivity contribution in [2.75, 3.05) is 5.32 Å². The molecule has 2 rings (SSSR count). The number of rotatable bonds is 4. The minimum atomic E-state index is 0.154. The molecule has 0 amide bonds. The third kappa shape index (κ3) is 4.56. The van der Waals surface area contributed by atoms with Gasteiger partial charge >= 0.3 is 0 Å². The molecule has 1 aromatic carbocycles. The van der Waals surface area contributed by atoms with Gasteiger partial charge in [-0.3, -0.25) is 0 Å². The Bertz CT molecular complexity index is 546. The van der Waals surface area contributed by atoms with Gasteiger partial charge in [0.2, 0.25) is 5.89 Å². The van der Waals surface area contributed by atoms with Crippen LogP contribution in [0.4, 0.5) is 5.69 Å². The van der Waals surface area contributed by atoms with Gasteiger partial charge in [0.05, 0.1) is 6.54 Å². The molecule has 0 aliphatic carbocycles. The highest BCUT2D eigenvalue weighted by molar-refractivity contribution is 6.30. The molecule has 0 bridgehead atoms. The second-order valence-corrected chi connectivity index (χ2v) is 6.14. The standard InChI is InChI=1S/C14H18ClN3O/c1-14(2,3)8-12-17-13(19-18-12)9-16-11-6-4-5-10(15)7-11/h4-7,16H,8-9H2,1-3H3. The van der Waals surface area contributed by atoms with Gasteiger partial charge in [0, 0.05) is 17.1 Å². The van der Waals surface area contributed by atoms with Crippen LogP contribution in [0.1, 0.15) is 32.5 Å². The molecule has 19 heavy (non-hydrogen) atoms. The van der Waals surface area contributed by atoms with Gasteiger partial charge < -0.3 is 9.84 Å². The van der Waals surface area contributed by atoms with E-state index < -0.39 is 0 Å². The van der Waals surface area contributed by atoms with Crippen LogP contribution in [0.2, 0.25) is 5.02 Å². The molecule has 0 radical (unpaired) electrons. The van der Waals surface area contributed by atoms with Gasteiger partial charge in [-0.2, -0.15) is 4.98 Å². The fourth-order valence-electron chi connectivity index (χ4n) is 1.68. The minimum Gasteiger partial charge on any atom is -0.376 e. The first-order valence-corrected chi connectivity index (χ1v) is 6.61. The molecule has 0 aliphatic heterocycles. The van der Waals surface area contributed by atoms with Gasteiger partial charge in [-0.15, -0.1) is 0 Å². The van der Waals surface area contributed by atoms with E-state index in [-0.39, 0.29) is 5.41 Å². The van der Waals surface area contributed by atoms with Crippen LogP contribution < -0.4 is 5.32 Å². The number of nitrogens with one attached hydrogen (secondary N) is 1. The predicted molar refractivity (Wildman–Crippen MR) is 76.2 cm³/mol. The Balaban J connectivity index is 1.93. The van der Waals surface area contributed by atoms with Crippen LogP contribution in [0, 0.1) is 5.41 Å². The van der Waals surface area contributed by atoms with E-state index in [1.807, 2.05) is 24.3 Å². The lowest BCUT2D eigenvalue weighted by atomic mass is 9.92.